The summed E-state index contributed by atoms with van der Waals surface area (Å²) in [5, 5.41) is 13.1. The average Bonchev–Trinajstić information content (AvgIpc) is 2.64. The second-order valence-corrected chi connectivity index (χ2v) is 6.08. The molecule has 4 N–H and O–H groups in total. The van der Waals surface area contributed by atoms with Crippen molar-refractivity contribution in [1.82, 2.24) is 5.32 Å². The Bertz CT molecular complexity index is 280. The molecule has 1 fully saturated rings. The average molecular weight is 258 g/mol. The van der Waals surface area contributed by atoms with Crippen LogP contribution in [0.1, 0.15) is 52.9 Å². The number of nitrogens with one attached hydrogen (secondary N) is 1. The van der Waals surface area contributed by atoms with Gasteiger partial charge in [0.2, 0.25) is 0 Å². The molecule has 0 radical (unpaired) electrons. The summed E-state index contributed by atoms with van der Waals surface area (Å²) in [6, 6.07) is 0. The zero-order valence-corrected chi connectivity index (χ0v) is 11.7. The Hall–Kier alpha value is -0.810. The summed E-state index contributed by atoms with van der Waals surface area (Å²) >= 11 is 0. The second-order valence-electron chi connectivity index (χ2n) is 6.08. The van der Waals surface area contributed by atoms with Crippen molar-refractivity contribution in [2.45, 2.75) is 70.1 Å². The Balaban J connectivity index is 2.65. The van der Waals surface area contributed by atoms with Crippen LogP contribution in [0.25, 0.3) is 0 Å². The third-order valence-corrected chi connectivity index (χ3v) is 3.32. The third kappa shape index (κ3) is 4.14. The van der Waals surface area contributed by atoms with Crippen molar-refractivity contribution in [3.8, 4) is 0 Å². The number of alkyl carbamates (subject to hydrolysis) is 1. The van der Waals surface area contributed by atoms with Crippen molar-refractivity contribution >= 4 is 6.09 Å². The molecule has 0 heterocycles. The maximum absolute atomic E-state index is 11.9. The molecule has 0 spiro atoms. The lowest BCUT2D eigenvalue weighted by molar-refractivity contribution is 0.0203. The first-order chi connectivity index (χ1) is 8.29. The number of hydrogen-bond acceptors (Lipinski definition) is 4. The molecule has 5 heteroatoms. The molecule has 0 saturated heterocycles. The van der Waals surface area contributed by atoms with Crippen LogP contribution in [0.3, 0.4) is 0 Å². The predicted octanol–water partition coefficient (Wildman–Crippen LogP) is 1.53. The van der Waals surface area contributed by atoms with Gasteiger partial charge in [-0.05, 0) is 46.6 Å². The number of aliphatic hydroxyl groups is 1. The molecule has 5 nitrogen and oxygen atoms in total. The Morgan fingerprint density at radius 3 is 2.44 bits per heavy atom. The number of rotatable bonds is 4. The van der Waals surface area contributed by atoms with Gasteiger partial charge < -0.3 is 20.9 Å². The Labute approximate surface area is 109 Å². The third-order valence-electron chi connectivity index (χ3n) is 3.32. The van der Waals surface area contributed by atoms with Crippen LogP contribution < -0.4 is 11.1 Å². The van der Waals surface area contributed by atoms with Crippen molar-refractivity contribution in [3.63, 3.8) is 0 Å². The number of carbonyl (C=O) groups is 1. The van der Waals surface area contributed by atoms with Crippen molar-refractivity contribution in [2.24, 2.45) is 5.73 Å². The SMILES string of the molecule is CC(C)(C)OC(=O)NC1(C(O)CCN)CCCC1. The summed E-state index contributed by atoms with van der Waals surface area (Å²) in [5.74, 6) is 0. The molecule has 0 aromatic rings. The lowest BCUT2D eigenvalue weighted by Crippen LogP contribution is -2.56. The molecule has 0 aromatic carbocycles. The first-order valence-electron chi connectivity index (χ1n) is 6.68. The molecule has 0 aliphatic heterocycles. The highest BCUT2D eigenvalue weighted by molar-refractivity contribution is 5.69. The molecule has 1 atom stereocenters. The van der Waals surface area contributed by atoms with E-state index in [4.69, 9.17) is 10.5 Å². The van der Waals surface area contributed by atoms with Gasteiger partial charge in [0.05, 0.1) is 11.6 Å². The largest absolute Gasteiger partial charge is 0.444 e. The van der Waals surface area contributed by atoms with Crippen LogP contribution in [0.2, 0.25) is 0 Å². The van der Waals surface area contributed by atoms with E-state index in [2.05, 4.69) is 5.32 Å². The Kier molecular flexibility index (Phi) is 4.99. The van der Waals surface area contributed by atoms with E-state index in [9.17, 15) is 9.90 Å². The van der Waals surface area contributed by atoms with Crippen LogP contribution in [0.15, 0.2) is 0 Å². The summed E-state index contributed by atoms with van der Waals surface area (Å²) < 4.78 is 5.26. The number of ether oxygens (including phenoxy) is 1. The van der Waals surface area contributed by atoms with Crippen molar-refractivity contribution in [3.05, 3.63) is 0 Å². The zero-order valence-electron chi connectivity index (χ0n) is 11.7. The Morgan fingerprint density at radius 2 is 2.00 bits per heavy atom. The van der Waals surface area contributed by atoms with Crippen molar-refractivity contribution < 1.29 is 14.6 Å². The van der Waals surface area contributed by atoms with E-state index >= 15 is 0 Å². The fourth-order valence-corrected chi connectivity index (χ4v) is 2.49. The van der Waals surface area contributed by atoms with E-state index < -0.39 is 23.3 Å². The van der Waals surface area contributed by atoms with E-state index in [1.54, 1.807) is 0 Å². The van der Waals surface area contributed by atoms with Gasteiger partial charge in [0.15, 0.2) is 0 Å². The van der Waals surface area contributed by atoms with Crippen LogP contribution >= 0.6 is 0 Å². The zero-order chi connectivity index (χ0) is 13.8. The van der Waals surface area contributed by atoms with E-state index in [0.717, 1.165) is 25.7 Å². The molecular weight excluding hydrogens is 232 g/mol. The molecule has 1 aliphatic carbocycles. The standard InChI is InChI=1S/C13H26N2O3/c1-12(2,3)18-11(17)15-13(7-4-5-8-13)10(16)6-9-14/h10,16H,4-9,14H2,1-3H3,(H,15,17). The highest BCUT2D eigenvalue weighted by Gasteiger charge is 2.42. The molecule has 0 aromatic heterocycles. The molecule has 1 saturated carbocycles. The van der Waals surface area contributed by atoms with E-state index in [1.165, 1.54) is 0 Å². The minimum absolute atomic E-state index is 0.416. The van der Waals surface area contributed by atoms with Crippen LogP contribution in [0, 0.1) is 0 Å². The van der Waals surface area contributed by atoms with Crippen molar-refractivity contribution in [2.75, 3.05) is 6.54 Å². The van der Waals surface area contributed by atoms with Gasteiger partial charge in [-0.25, -0.2) is 4.79 Å². The number of amides is 1. The van der Waals surface area contributed by atoms with Gasteiger partial charge in [-0.2, -0.15) is 0 Å². The summed E-state index contributed by atoms with van der Waals surface area (Å²) in [6.07, 6.45) is 3.03. The van der Waals surface area contributed by atoms with Gasteiger partial charge >= 0.3 is 6.09 Å². The fraction of sp³-hybridized carbons (Fsp3) is 0.923. The summed E-state index contributed by atoms with van der Waals surface area (Å²) in [4.78, 5) is 11.9. The first-order valence-corrected chi connectivity index (χ1v) is 6.68. The lowest BCUT2D eigenvalue weighted by atomic mass is 9.88. The normalized spacial score (nSPS) is 20.5. The molecule has 1 aliphatic rings. The minimum atomic E-state index is -0.600. The Morgan fingerprint density at radius 1 is 1.44 bits per heavy atom. The highest BCUT2D eigenvalue weighted by Crippen LogP contribution is 2.34. The summed E-state index contributed by atoms with van der Waals surface area (Å²) in [5.41, 5.74) is 4.41. The molecular formula is C13H26N2O3. The summed E-state index contributed by atoms with van der Waals surface area (Å²) in [6.45, 7) is 5.89. The molecule has 1 rings (SSSR count). The number of carbonyl (C=O) groups excluding carboxylic acids is 1. The van der Waals surface area contributed by atoms with Gasteiger partial charge in [0.1, 0.15) is 5.60 Å². The van der Waals surface area contributed by atoms with Gasteiger partial charge in [0.25, 0.3) is 0 Å². The molecule has 1 amide bonds. The number of hydrogen-bond donors (Lipinski definition) is 3. The highest BCUT2D eigenvalue weighted by atomic mass is 16.6. The first kappa shape index (κ1) is 15.2. The van der Waals surface area contributed by atoms with Gasteiger partial charge in [-0.1, -0.05) is 12.8 Å². The smallest absolute Gasteiger partial charge is 0.408 e. The van der Waals surface area contributed by atoms with Gasteiger partial charge in [-0.3, -0.25) is 0 Å². The molecule has 1 unspecified atom stereocenters. The fourth-order valence-electron chi connectivity index (χ4n) is 2.49. The lowest BCUT2D eigenvalue weighted by Gasteiger charge is -2.35. The molecule has 0 bridgehead atoms. The second kappa shape index (κ2) is 5.89. The van der Waals surface area contributed by atoms with E-state index in [-0.39, 0.29) is 0 Å². The number of nitrogens with two attached hydrogens (primary N) is 1. The predicted molar refractivity (Wildman–Crippen MR) is 70.2 cm³/mol. The van der Waals surface area contributed by atoms with E-state index in [0.29, 0.717) is 13.0 Å². The van der Waals surface area contributed by atoms with Crippen LogP contribution in [-0.4, -0.2) is 35.0 Å². The molecule has 18 heavy (non-hydrogen) atoms. The van der Waals surface area contributed by atoms with Gasteiger partial charge in [0, 0.05) is 0 Å². The maximum Gasteiger partial charge on any atom is 0.408 e. The van der Waals surface area contributed by atoms with Crippen LogP contribution in [-0.2, 0) is 4.74 Å². The van der Waals surface area contributed by atoms with E-state index in [1.807, 2.05) is 20.8 Å². The number of aliphatic hydroxyl groups excluding tert-OH is 1. The molecule has 106 valence electrons. The minimum Gasteiger partial charge on any atom is -0.444 e. The van der Waals surface area contributed by atoms with Gasteiger partial charge in [-0.15, -0.1) is 0 Å². The maximum atomic E-state index is 11.9. The van der Waals surface area contributed by atoms with Crippen molar-refractivity contribution in [1.29, 1.82) is 0 Å². The van der Waals surface area contributed by atoms with Crippen LogP contribution in [0.4, 0.5) is 4.79 Å². The topological polar surface area (TPSA) is 84.6 Å². The van der Waals surface area contributed by atoms with Crippen LogP contribution in [0.5, 0.6) is 0 Å². The monoisotopic (exact) mass is 258 g/mol. The quantitative estimate of drug-likeness (QED) is 0.714. The summed E-state index contributed by atoms with van der Waals surface area (Å²) in [7, 11) is 0.